The first-order valence-corrected chi connectivity index (χ1v) is 8.17. The number of carbonyl (C=O) groups is 2. The molecule has 2 amide bonds. The fourth-order valence-electron chi connectivity index (χ4n) is 5.41. The smallest absolute Gasteiger partial charge is 0.238 e. The molecule has 0 radical (unpaired) electrons. The molecule has 1 spiro atoms. The van der Waals surface area contributed by atoms with Gasteiger partial charge in [0, 0.05) is 0 Å². The van der Waals surface area contributed by atoms with Crippen molar-refractivity contribution in [1.82, 2.24) is 0 Å². The summed E-state index contributed by atoms with van der Waals surface area (Å²) < 4.78 is 0. The minimum Gasteiger partial charge on any atom is -0.274 e. The molecular formula is C19H19NO2. The molecule has 0 N–H and O–H groups in total. The highest BCUT2D eigenvalue weighted by atomic mass is 16.2. The quantitative estimate of drug-likeness (QED) is 0.589. The molecule has 3 nitrogen and oxygen atoms in total. The number of rotatable bonds is 1. The molecule has 22 heavy (non-hydrogen) atoms. The van der Waals surface area contributed by atoms with Gasteiger partial charge in [-0.2, -0.15) is 0 Å². The van der Waals surface area contributed by atoms with Gasteiger partial charge in [-0.3, -0.25) is 9.59 Å². The van der Waals surface area contributed by atoms with Crippen LogP contribution < -0.4 is 4.90 Å². The van der Waals surface area contributed by atoms with Crippen molar-refractivity contribution in [2.75, 3.05) is 4.90 Å². The van der Waals surface area contributed by atoms with E-state index in [9.17, 15) is 9.59 Å². The molecule has 1 aliphatic heterocycles. The molecule has 4 aliphatic rings. The lowest BCUT2D eigenvalue weighted by atomic mass is 9.85. The van der Waals surface area contributed by atoms with Gasteiger partial charge < -0.3 is 0 Å². The second kappa shape index (κ2) is 3.70. The minimum absolute atomic E-state index is 0.0307. The summed E-state index contributed by atoms with van der Waals surface area (Å²) in [6, 6.07) is 5.97. The lowest BCUT2D eigenvalue weighted by molar-refractivity contribution is -0.123. The van der Waals surface area contributed by atoms with Gasteiger partial charge in [0.25, 0.3) is 0 Å². The molecule has 3 heteroatoms. The molecule has 112 valence electrons. The SMILES string of the molecule is Cc1cc(C)cc(N2C(=O)[C@H]3[C@H](C2=O)[C@H]2C=C[C@H]3C23CC3)c1. The number of aryl methyl sites for hydroxylation is 2. The molecule has 4 atom stereocenters. The van der Waals surface area contributed by atoms with Crippen LogP contribution in [-0.4, -0.2) is 11.8 Å². The Morgan fingerprint density at radius 1 is 0.909 bits per heavy atom. The monoisotopic (exact) mass is 293 g/mol. The van der Waals surface area contributed by atoms with Crippen LogP contribution in [0.2, 0.25) is 0 Å². The van der Waals surface area contributed by atoms with E-state index in [0.29, 0.717) is 11.8 Å². The third-order valence-corrected chi connectivity index (χ3v) is 6.32. The number of anilines is 1. The molecule has 1 aromatic rings. The van der Waals surface area contributed by atoms with E-state index >= 15 is 0 Å². The summed E-state index contributed by atoms with van der Waals surface area (Å²) in [6.07, 6.45) is 6.81. The largest absolute Gasteiger partial charge is 0.274 e. The third kappa shape index (κ3) is 1.29. The molecule has 2 bridgehead atoms. The average molecular weight is 293 g/mol. The number of nitrogens with zero attached hydrogens (tertiary/aromatic N) is 1. The molecule has 0 aromatic heterocycles. The van der Waals surface area contributed by atoms with Gasteiger partial charge in [-0.1, -0.05) is 18.2 Å². The van der Waals surface area contributed by atoms with Gasteiger partial charge >= 0.3 is 0 Å². The summed E-state index contributed by atoms with van der Waals surface area (Å²) in [5.74, 6) is 0.451. The summed E-state index contributed by atoms with van der Waals surface area (Å²) >= 11 is 0. The average Bonchev–Trinajstić information content (AvgIpc) is 3.04. The van der Waals surface area contributed by atoms with Crippen LogP contribution in [-0.2, 0) is 9.59 Å². The van der Waals surface area contributed by atoms with Crippen LogP contribution in [0.4, 0.5) is 5.69 Å². The third-order valence-electron chi connectivity index (χ3n) is 6.32. The molecule has 3 fully saturated rings. The van der Waals surface area contributed by atoms with Crippen molar-refractivity contribution in [3.8, 4) is 0 Å². The van der Waals surface area contributed by atoms with E-state index in [1.165, 1.54) is 17.7 Å². The predicted octanol–water partition coefficient (Wildman–Crippen LogP) is 3.01. The Morgan fingerprint density at radius 3 is 1.86 bits per heavy atom. The number of allylic oxidation sites excluding steroid dienone is 2. The molecule has 1 aromatic carbocycles. The lowest BCUT2D eigenvalue weighted by Crippen LogP contribution is -2.34. The van der Waals surface area contributed by atoms with Crippen LogP contribution in [0.5, 0.6) is 0 Å². The van der Waals surface area contributed by atoms with Gasteiger partial charge in [-0.15, -0.1) is 0 Å². The van der Waals surface area contributed by atoms with E-state index in [2.05, 4.69) is 18.2 Å². The van der Waals surface area contributed by atoms with E-state index in [1.54, 1.807) is 0 Å². The van der Waals surface area contributed by atoms with E-state index in [0.717, 1.165) is 16.8 Å². The highest BCUT2D eigenvalue weighted by Gasteiger charge is 2.73. The number of hydrogen-bond acceptors (Lipinski definition) is 2. The fourth-order valence-corrected chi connectivity index (χ4v) is 5.41. The summed E-state index contributed by atoms with van der Waals surface area (Å²) in [4.78, 5) is 27.5. The van der Waals surface area contributed by atoms with Crippen molar-refractivity contribution >= 4 is 17.5 Å². The summed E-state index contributed by atoms with van der Waals surface area (Å²) in [5, 5.41) is 0. The number of benzene rings is 1. The normalized spacial score (nSPS) is 36.5. The van der Waals surface area contributed by atoms with Crippen LogP contribution in [0.3, 0.4) is 0 Å². The highest BCUT2D eigenvalue weighted by molar-refractivity contribution is 6.23. The van der Waals surface area contributed by atoms with Crippen molar-refractivity contribution < 1.29 is 9.59 Å². The highest BCUT2D eigenvalue weighted by Crippen LogP contribution is 2.73. The van der Waals surface area contributed by atoms with Gasteiger partial charge in [-0.25, -0.2) is 4.90 Å². The lowest BCUT2D eigenvalue weighted by Gasteiger charge is -2.22. The summed E-state index contributed by atoms with van der Waals surface area (Å²) in [5.41, 5.74) is 3.21. The maximum atomic E-state index is 13.0. The maximum Gasteiger partial charge on any atom is 0.238 e. The fraction of sp³-hybridized carbons (Fsp3) is 0.474. The van der Waals surface area contributed by atoms with Crippen LogP contribution in [0.25, 0.3) is 0 Å². The number of imide groups is 1. The van der Waals surface area contributed by atoms with Crippen LogP contribution in [0, 0.1) is 42.9 Å². The van der Waals surface area contributed by atoms with Gasteiger partial charge in [0.2, 0.25) is 11.8 Å². The first-order chi connectivity index (χ1) is 10.5. The zero-order valence-electron chi connectivity index (χ0n) is 12.9. The molecule has 5 rings (SSSR count). The van der Waals surface area contributed by atoms with Crippen molar-refractivity contribution in [2.45, 2.75) is 26.7 Å². The molecular weight excluding hydrogens is 274 g/mol. The van der Waals surface area contributed by atoms with Crippen LogP contribution in [0.1, 0.15) is 24.0 Å². The van der Waals surface area contributed by atoms with E-state index in [4.69, 9.17) is 0 Å². The molecule has 1 heterocycles. The number of carbonyl (C=O) groups excluding carboxylic acids is 2. The maximum absolute atomic E-state index is 13.0. The standard InChI is InChI=1S/C19H19NO2/c1-10-7-11(2)9-12(8-10)20-17(21)15-13-3-4-14(16(15)18(20)22)19(13)5-6-19/h3-4,7-9,13-16H,5-6H2,1-2H3/t13-,14-,15-,16-/m1/s1. The summed E-state index contributed by atoms with van der Waals surface area (Å²) in [7, 11) is 0. The Balaban J connectivity index is 1.59. The van der Waals surface area contributed by atoms with Crippen LogP contribution >= 0.6 is 0 Å². The van der Waals surface area contributed by atoms with Crippen molar-refractivity contribution in [3.63, 3.8) is 0 Å². The van der Waals surface area contributed by atoms with Crippen LogP contribution in [0.15, 0.2) is 30.4 Å². The second-order valence-electron chi connectivity index (χ2n) is 7.58. The Kier molecular flexibility index (Phi) is 2.13. The van der Waals surface area contributed by atoms with E-state index in [-0.39, 0.29) is 29.1 Å². The minimum atomic E-state index is -0.106. The van der Waals surface area contributed by atoms with Gasteiger partial charge in [0.1, 0.15) is 0 Å². The first kappa shape index (κ1) is 12.6. The Labute approximate surface area is 130 Å². The van der Waals surface area contributed by atoms with Gasteiger partial charge in [0.05, 0.1) is 17.5 Å². The van der Waals surface area contributed by atoms with E-state index in [1.807, 2.05) is 26.0 Å². The Hall–Kier alpha value is -1.90. The Bertz CT molecular complexity index is 704. The van der Waals surface area contributed by atoms with Gasteiger partial charge in [-0.05, 0) is 67.2 Å². The Morgan fingerprint density at radius 2 is 1.41 bits per heavy atom. The second-order valence-corrected chi connectivity index (χ2v) is 7.58. The zero-order chi connectivity index (χ0) is 15.2. The molecule has 2 saturated carbocycles. The van der Waals surface area contributed by atoms with Crippen molar-refractivity contribution in [2.24, 2.45) is 29.1 Å². The topological polar surface area (TPSA) is 37.4 Å². The molecule has 1 saturated heterocycles. The van der Waals surface area contributed by atoms with Gasteiger partial charge in [0.15, 0.2) is 0 Å². The number of hydrogen-bond donors (Lipinski definition) is 0. The van der Waals surface area contributed by atoms with Crippen molar-refractivity contribution in [3.05, 3.63) is 41.5 Å². The van der Waals surface area contributed by atoms with E-state index < -0.39 is 0 Å². The first-order valence-electron chi connectivity index (χ1n) is 8.17. The predicted molar refractivity (Wildman–Crippen MR) is 83.2 cm³/mol. The van der Waals surface area contributed by atoms with Crippen molar-refractivity contribution in [1.29, 1.82) is 0 Å². The number of fused-ring (bicyclic) bond motifs is 3. The summed E-state index contributed by atoms with van der Waals surface area (Å²) in [6.45, 7) is 4.01. The number of amides is 2. The molecule has 3 aliphatic carbocycles. The molecule has 0 unspecified atom stereocenters. The zero-order valence-corrected chi connectivity index (χ0v) is 12.9.